The molecule has 32 heavy (non-hydrogen) atoms. The Bertz CT molecular complexity index is 1260. The first-order valence-corrected chi connectivity index (χ1v) is 11.1. The average molecular weight is 454 g/mol. The second-order valence-corrected chi connectivity index (χ2v) is 8.57. The fraction of sp³-hybridized carbons (Fsp3) is 0.0909. The predicted octanol–water partition coefficient (Wildman–Crippen LogP) is 2.53. The Kier molecular flexibility index (Phi) is 6.76. The first kappa shape index (κ1) is 22.8. The van der Waals surface area contributed by atoms with Crippen LogP contribution in [0.2, 0.25) is 0 Å². The Balaban J connectivity index is 1.70. The lowest BCUT2D eigenvalue weighted by atomic mass is 10.1. The molecule has 0 aromatic heterocycles. The monoisotopic (exact) mass is 453 g/mol. The van der Waals surface area contributed by atoms with E-state index in [1.807, 2.05) is 0 Å². The second kappa shape index (κ2) is 9.50. The molecule has 0 saturated carbocycles. The van der Waals surface area contributed by atoms with Crippen LogP contribution in [-0.2, 0) is 14.8 Å². The van der Waals surface area contributed by atoms with Gasteiger partial charge in [0.2, 0.25) is 15.9 Å². The molecule has 0 bridgehead atoms. The third-order valence-corrected chi connectivity index (χ3v) is 5.67. The third kappa shape index (κ3) is 5.42. The van der Waals surface area contributed by atoms with Gasteiger partial charge in [0.25, 0.3) is 0 Å². The molecular weight excluding hydrogens is 430 g/mol. The number of carbonyl (C=O) groups is 1. The van der Waals surface area contributed by atoms with Gasteiger partial charge in [0.1, 0.15) is 6.04 Å². The standard InChI is InChI=1S/C22H23N5O4S/c1-14(25-18-6-4-5-16(13-18)21(23)27-29)22(28)26-17-11-9-15(10-12-17)19-7-2-3-8-20(19)32(24,30)31/h2-14,25,29H,1H3,(H2,23,27)(H,26,28)(H2,24,30,31). The number of amides is 1. The smallest absolute Gasteiger partial charge is 0.246 e. The van der Waals surface area contributed by atoms with Crippen LogP contribution in [0.15, 0.2) is 82.8 Å². The van der Waals surface area contributed by atoms with E-state index in [0.717, 1.165) is 0 Å². The number of rotatable bonds is 7. The summed E-state index contributed by atoms with van der Waals surface area (Å²) in [5.74, 6) is -0.313. The summed E-state index contributed by atoms with van der Waals surface area (Å²) >= 11 is 0. The zero-order chi connectivity index (χ0) is 23.3. The molecule has 10 heteroatoms. The van der Waals surface area contributed by atoms with Crippen molar-refractivity contribution < 1.29 is 18.4 Å². The van der Waals surface area contributed by atoms with Gasteiger partial charge in [-0.3, -0.25) is 4.79 Å². The van der Waals surface area contributed by atoms with Crippen LogP contribution in [0.3, 0.4) is 0 Å². The van der Waals surface area contributed by atoms with Crippen molar-refractivity contribution in [2.75, 3.05) is 10.6 Å². The van der Waals surface area contributed by atoms with Gasteiger partial charge in [0, 0.05) is 22.5 Å². The molecule has 1 unspecified atom stereocenters. The Labute approximate surface area is 185 Å². The van der Waals surface area contributed by atoms with Crippen LogP contribution >= 0.6 is 0 Å². The minimum absolute atomic E-state index is 0.0312. The number of nitrogens with zero attached hydrogens (tertiary/aromatic N) is 1. The highest BCUT2D eigenvalue weighted by molar-refractivity contribution is 7.89. The lowest BCUT2D eigenvalue weighted by molar-refractivity contribution is -0.116. The van der Waals surface area contributed by atoms with Crippen LogP contribution in [0.25, 0.3) is 11.1 Å². The first-order valence-electron chi connectivity index (χ1n) is 9.56. The van der Waals surface area contributed by atoms with E-state index in [1.54, 1.807) is 73.7 Å². The molecule has 0 heterocycles. The van der Waals surface area contributed by atoms with Crippen LogP contribution < -0.4 is 21.5 Å². The topological polar surface area (TPSA) is 160 Å². The summed E-state index contributed by atoms with van der Waals surface area (Å²) in [6.45, 7) is 1.70. The minimum Gasteiger partial charge on any atom is -0.409 e. The SMILES string of the molecule is CC(Nc1cccc(/C(N)=N/O)c1)C(=O)Nc1ccc(-c2ccccc2S(N)(=O)=O)cc1. The van der Waals surface area contributed by atoms with E-state index in [4.69, 9.17) is 16.1 Å². The number of sulfonamides is 1. The molecule has 0 radical (unpaired) electrons. The molecule has 0 fully saturated rings. The largest absolute Gasteiger partial charge is 0.409 e. The van der Waals surface area contributed by atoms with E-state index in [-0.39, 0.29) is 16.6 Å². The molecule has 9 nitrogen and oxygen atoms in total. The highest BCUT2D eigenvalue weighted by atomic mass is 32.2. The van der Waals surface area contributed by atoms with Crippen LogP contribution in [0.5, 0.6) is 0 Å². The third-order valence-electron chi connectivity index (χ3n) is 4.70. The summed E-state index contributed by atoms with van der Waals surface area (Å²) in [4.78, 5) is 12.6. The van der Waals surface area contributed by atoms with Crippen LogP contribution in [0, 0.1) is 0 Å². The second-order valence-electron chi connectivity index (χ2n) is 7.04. The molecule has 0 aliphatic rings. The Morgan fingerprint density at radius 1 is 1.00 bits per heavy atom. The van der Waals surface area contributed by atoms with E-state index in [2.05, 4.69) is 15.8 Å². The van der Waals surface area contributed by atoms with E-state index < -0.39 is 16.1 Å². The maximum absolute atomic E-state index is 12.6. The van der Waals surface area contributed by atoms with Gasteiger partial charge in [-0.1, -0.05) is 47.6 Å². The summed E-state index contributed by atoms with van der Waals surface area (Å²) in [5.41, 5.74) is 8.42. The Hall–Kier alpha value is -3.89. The number of nitrogens with one attached hydrogen (secondary N) is 2. The van der Waals surface area contributed by atoms with Gasteiger partial charge in [-0.05, 0) is 42.8 Å². The van der Waals surface area contributed by atoms with Gasteiger partial charge >= 0.3 is 0 Å². The lowest BCUT2D eigenvalue weighted by Gasteiger charge is -2.16. The lowest BCUT2D eigenvalue weighted by Crippen LogP contribution is -2.32. The maximum Gasteiger partial charge on any atom is 0.246 e. The minimum atomic E-state index is -3.87. The maximum atomic E-state index is 12.6. The van der Waals surface area contributed by atoms with Crippen molar-refractivity contribution in [1.29, 1.82) is 0 Å². The number of nitrogens with two attached hydrogens (primary N) is 2. The van der Waals surface area contributed by atoms with Gasteiger partial charge in [-0.25, -0.2) is 13.6 Å². The molecule has 0 aliphatic carbocycles. The molecule has 166 valence electrons. The number of benzene rings is 3. The quantitative estimate of drug-likeness (QED) is 0.160. The summed E-state index contributed by atoms with van der Waals surface area (Å²) in [5, 5.41) is 22.9. The van der Waals surface area contributed by atoms with Gasteiger partial charge in [-0.2, -0.15) is 0 Å². The van der Waals surface area contributed by atoms with E-state index in [0.29, 0.717) is 28.1 Å². The van der Waals surface area contributed by atoms with E-state index in [9.17, 15) is 13.2 Å². The normalized spacial score (nSPS) is 12.8. The molecule has 3 rings (SSSR count). The van der Waals surface area contributed by atoms with Crippen molar-refractivity contribution in [3.05, 3.63) is 78.4 Å². The molecular formula is C22H23N5O4S. The molecule has 1 atom stereocenters. The number of oxime groups is 1. The fourth-order valence-corrected chi connectivity index (χ4v) is 3.84. The highest BCUT2D eigenvalue weighted by Gasteiger charge is 2.16. The van der Waals surface area contributed by atoms with Gasteiger partial charge in [0.15, 0.2) is 5.84 Å². The molecule has 3 aromatic carbocycles. The average Bonchev–Trinajstić information content (AvgIpc) is 2.78. The number of anilines is 2. The van der Waals surface area contributed by atoms with Crippen molar-refractivity contribution in [3.8, 4) is 11.1 Å². The van der Waals surface area contributed by atoms with Crippen LogP contribution in [0.4, 0.5) is 11.4 Å². The summed E-state index contributed by atoms with van der Waals surface area (Å²) in [6, 6.07) is 19.5. The summed E-state index contributed by atoms with van der Waals surface area (Å²) in [6.07, 6.45) is 0. The van der Waals surface area contributed by atoms with Gasteiger partial charge < -0.3 is 21.6 Å². The van der Waals surface area contributed by atoms with Crippen molar-refractivity contribution in [2.45, 2.75) is 17.9 Å². The molecule has 1 amide bonds. The fourth-order valence-electron chi connectivity index (χ4n) is 3.08. The van der Waals surface area contributed by atoms with E-state index >= 15 is 0 Å². The van der Waals surface area contributed by atoms with Crippen LogP contribution in [0.1, 0.15) is 12.5 Å². The number of carbonyl (C=O) groups excluding carboxylic acids is 1. The summed E-state index contributed by atoms with van der Waals surface area (Å²) in [7, 11) is -3.87. The predicted molar refractivity (Wildman–Crippen MR) is 124 cm³/mol. The Morgan fingerprint density at radius 2 is 1.69 bits per heavy atom. The number of amidine groups is 1. The molecule has 3 aromatic rings. The van der Waals surface area contributed by atoms with Gasteiger partial charge in [-0.15, -0.1) is 0 Å². The summed E-state index contributed by atoms with van der Waals surface area (Å²) < 4.78 is 23.7. The zero-order valence-electron chi connectivity index (χ0n) is 17.2. The van der Waals surface area contributed by atoms with Crippen molar-refractivity contribution in [1.82, 2.24) is 0 Å². The van der Waals surface area contributed by atoms with Crippen molar-refractivity contribution >= 4 is 33.1 Å². The van der Waals surface area contributed by atoms with Crippen LogP contribution in [-0.4, -0.2) is 31.4 Å². The molecule has 0 spiro atoms. The molecule has 0 saturated heterocycles. The molecule has 0 aliphatic heterocycles. The number of hydrogen-bond donors (Lipinski definition) is 5. The Morgan fingerprint density at radius 3 is 2.34 bits per heavy atom. The van der Waals surface area contributed by atoms with Crippen molar-refractivity contribution in [2.24, 2.45) is 16.0 Å². The first-order chi connectivity index (χ1) is 15.2. The van der Waals surface area contributed by atoms with Gasteiger partial charge in [0.05, 0.1) is 4.90 Å². The van der Waals surface area contributed by atoms with Crippen molar-refractivity contribution in [3.63, 3.8) is 0 Å². The highest BCUT2D eigenvalue weighted by Crippen LogP contribution is 2.27. The van der Waals surface area contributed by atoms with E-state index in [1.165, 1.54) is 6.07 Å². The molecule has 7 N–H and O–H groups in total. The zero-order valence-corrected chi connectivity index (χ0v) is 18.0. The number of primary sulfonamides is 1. The number of hydrogen-bond acceptors (Lipinski definition) is 6.